The zero-order valence-corrected chi connectivity index (χ0v) is 16.9. The highest BCUT2D eigenvalue weighted by Crippen LogP contribution is 2.47. The van der Waals surface area contributed by atoms with Gasteiger partial charge in [-0.3, -0.25) is 4.57 Å². The van der Waals surface area contributed by atoms with E-state index in [9.17, 15) is 4.57 Å². The highest BCUT2D eigenvalue weighted by molar-refractivity contribution is 7.54. The van der Waals surface area contributed by atoms with E-state index in [1.807, 2.05) is 13.8 Å². The second-order valence-electron chi connectivity index (χ2n) is 6.30. The fourth-order valence-corrected chi connectivity index (χ4v) is 9.97. The van der Waals surface area contributed by atoms with Crippen LogP contribution in [0.4, 0.5) is 0 Å². The molecule has 0 fully saturated rings. The van der Waals surface area contributed by atoms with E-state index < -0.39 is 15.7 Å². The maximum absolute atomic E-state index is 12.5. The molecule has 0 rings (SSSR count). The Hall–Kier alpha value is -0.0731. The third-order valence-corrected chi connectivity index (χ3v) is 12.3. The summed E-state index contributed by atoms with van der Waals surface area (Å²) in [4.78, 5) is 0. The van der Waals surface area contributed by atoms with E-state index >= 15 is 0 Å². The van der Waals surface area contributed by atoms with Crippen LogP contribution in [0.2, 0.25) is 16.6 Å². The predicted octanol–water partition coefficient (Wildman–Crippen LogP) is 5.47. The van der Waals surface area contributed by atoms with Gasteiger partial charge in [-0.25, -0.2) is 0 Å². The Balaban J connectivity index is 5.35. The van der Waals surface area contributed by atoms with Crippen molar-refractivity contribution in [2.45, 2.75) is 72.0 Å². The molecule has 5 heteroatoms. The zero-order chi connectivity index (χ0) is 16.7. The quantitative estimate of drug-likeness (QED) is 0.336. The first-order valence-corrected chi connectivity index (χ1v) is 12.0. The van der Waals surface area contributed by atoms with Gasteiger partial charge in [-0.05, 0) is 30.5 Å². The Morgan fingerprint density at radius 1 is 0.905 bits per heavy atom. The molecular weight excluding hydrogens is 299 g/mol. The van der Waals surface area contributed by atoms with Crippen molar-refractivity contribution in [3.05, 3.63) is 0 Å². The molecule has 0 amide bonds. The smallest absolute Gasteiger partial charge is 0.308 e. The van der Waals surface area contributed by atoms with E-state index in [0.29, 0.717) is 29.8 Å². The third kappa shape index (κ3) is 5.56. The minimum atomic E-state index is -3.05. The molecule has 0 aliphatic rings. The predicted molar refractivity (Wildman–Crippen MR) is 94.5 cm³/mol. The molecule has 0 atom stereocenters. The lowest BCUT2D eigenvalue weighted by atomic mass is 10.5. The number of rotatable bonds is 8. The minimum Gasteiger partial charge on any atom is -0.308 e. The van der Waals surface area contributed by atoms with E-state index in [0.717, 1.165) is 0 Å². The van der Waals surface area contributed by atoms with E-state index in [2.05, 4.69) is 53.0 Å². The summed E-state index contributed by atoms with van der Waals surface area (Å²) in [5, 5.41) is 0. The first kappa shape index (κ1) is 20.9. The average molecular weight is 332 g/mol. The van der Waals surface area contributed by atoms with Crippen LogP contribution < -0.4 is 0 Å². The Morgan fingerprint density at radius 3 is 1.57 bits per heavy atom. The van der Waals surface area contributed by atoms with Crippen molar-refractivity contribution in [1.82, 2.24) is 0 Å². The third-order valence-electron chi connectivity index (χ3n) is 4.10. The second-order valence-corrected chi connectivity index (χ2v) is 13.9. The summed E-state index contributed by atoms with van der Waals surface area (Å²) in [6, 6.07) is 0. The van der Waals surface area contributed by atoms with Gasteiger partial charge in [-0.2, -0.15) is 0 Å². The molecule has 0 radical (unpaired) electrons. The van der Waals surface area contributed by atoms with Crippen LogP contribution in [-0.2, 0) is 13.6 Å². The maximum Gasteiger partial charge on any atom is 0.342 e. The average Bonchev–Trinajstić information content (AvgIpc) is 2.33. The lowest BCUT2D eigenvalue weighted by Crippen LogP contribution is -2.43. The first-order valence-electron chi connectivity index (χ1n) is 8.04. The van der Waals surface area contributed by atoms with Crippen molar-refractivity contribution in [3.8, 4) is 11.5 Å². The van der Waals surface area contributed by atoms with Gasteiger partial charge in [0.1, 0.15) is 14.2 Å². The molecule has 21 heavy (non-hydrogen) atoms. The standard InChI is InChI=1S/C16H33O3PSi/c1-9-18-20(17,19-10-2)12-11-13-21(14(3)4,15(5)6)16(7)8/h14-16H,9-10,12H2,1-8H3. The molecule has 0 aromatic heterocycles. The van der Waals surface area contributed by atoms with Crippen LogP contribution in [0.25, 0.3) is 0 Å². The van der Waals surface area contributed by atoms with Crippen LogP contribution in [0.5, 0.6) is 0 Å². The summed E-state index contributed by atoms with van der Waals surface area (Å²) in [6.07, 6.45) is 0.204. The van der Waals surface area contributed by atoms with Gasteiger partial charge in [0.15, 0.2) is 0 Å². The second kappa shape index (κ2) is 9.15. The van der Waals surface area contributed by atoms with Crippen molar-refractivity contribution in [2.75, 3.05) is 19.4 Å². The molecule has 0 aromatic rings. The van der Waals surface area contributed by atoms with E-state index in [-0.39, 0.29) is 6.16 Å². The molecule has 0 N–H and O–H groups in total. The van der Waals surface area contributed by atoms with Crippen LogP contribution in [-0.4, -0.2) is 27.4 Å². The van der Waals surface area contributed by atoms with Crippen molar-refractivity contribution in [2.24, 2.45) is 0 Å². The topological polar surface area (TPSA) is 35.5 Å². The van der Waals surface area contributed by atoms with Gasteiger partial charge in [-0.15, -0.1) is 5.54 Å². The van der Waals surface area contributed by atoms with Gasteiger partial charge >= 0.3 is 7.60 Å². The maximum atomic E-state index is 12.5. The summed E-state index contributed by atoms with van der Waals surface area (Å²) in [5.74, 6) is 3.18. The van der Waals surface area contributed by atoms with Gasteiger partial charge in [-0.1, -0.05) is 47.5 Å². The molecule has 3 nitrogen and oxygen atoms in total. The van der Waals surface area contributed by atoms with Crippen LogP contribution in [0.1, 0.15) is 55.4 Å². The van der Waals surface area contributed by atoms with E-state index in [4.69, 9.17) is 9.05 Å². The summed E-state index contributed by atoms with van der Waals surface area (Å²) < 4.78 is 23.1. The molecule has 0 aliphatic heterocycles. The van der Waals surface area contributed by atoms with E-state index in [1.165, 1.54) is 0 Å². The molecule has 0 spiro atoms. The van der Waals surface area contributed by atoms with Gasteiger partial charge < -0.3 is 9.05 Å². The lowest BCUT2D eigenvalue weighted by molar-refractivity contribution is 0.223. The molecule has 0 aliphatic carbocycles. The Morgan fingerprint density at radius 2 is 1.29 bits per heavy atom. The van der Waals surface area contributed by atoms with Crippen molar-refractivity contribution < 1.29 is 13.6 Å². The molecule has 0 saturated heterocycles. The van der Waals surface area contributed by atoms with E-state index in [1.54, 1.807) is 0 Å². The Kier molecular flexibility index (Phi) is 9.12. The normalized spacial score (nSPS) is 12.9. The minimum absolute atomic E-state index is 0.204. The molecule has 124 valence electrons. The van der Waals surface area contributed by atoms with Gasteiger partial charge in [0, 0.05) is 0 Å². The largest absolute Gasteiger partial charge is 0.342 e. The highest BCUT2D eigenvalue weighted by atomic mass is 31.2. The molecule has 0 bridgehead atoms. The van der Waals surface area contributed by atoms with Crippen molar-refractivity contribution in [1.29, 1.82) is 0 Å². The molecule has 0 unspecified atom stereocenters. The summed E-state index contributed by atoms with van der Waals surface area (Å²) in [6.45, 7) is 18.1. The highest BCUT2D eigenvalue weighted by Gasteiger charge is 2.41. The van der Waals surface area contributed by atoms with Crippen molar-refractivity contribution in [3.63, 3.8) is 0 Å². The fourth-order valence-electron chi connectivity index (χ4n) is 3.24. The summed E-state index contributed by atoms with van der Waals surface area (Å²) in [7, 11) is -4.81. The molecule has 0 saturated carbocycles. The zero-order valence-electron chi connectivity index (χ0n) is 15.0. The fraction of sp³-hybridized carbons (Fsp3) is 0.875. The number of hydrogen-bond acceptors (Lipinski definition) is 3. The van der Waals surface area contributed by atoms with Crippen molar-refractivity contribution >= 4 is 15.7 Å². The Labute approximate surface area is 132 Å². The van der Waals surface area contributed by atoms with Crippen LogP contribution in [0, 0.1) is 11.5 Å². The summed E-state index contributed by atoms with van der Waals surface area (Å²) >= 11 is 0. The lowest BCUT2D eigenvalue weighted by Gasteiger charge is -2.38. The van der Waals surface area contributed by atoms with Crippen LogP contribution in [0.3, 0.4) is 0 Å². The van der Waals surface area contributed by atoms with Crippen LogP contribution in [0.15, 0.2) is 0 Å². The SMILES string of the molecule is CCOP(=O)(CC#C[Si](C(C)C)(C(C)C)C(C)C)OCC. The monoisotopic (exact) mass is 332 g/mol. The molecule has 0 aromatic carbocycles. The first-order chi connectivity index (χ1) is 9.66. The van der Waals surface area contributed by atoms with Gasteiger partial charge in [0.25, 0.3) is 0 Å². The Bertz CT molecular complexity index is 376. The summed E-state index contributed by atoms with van der Waals surface area (Å²) in [5.41, 5.74) is 5.28. The van der Waals surface area contributed by atoms with Gasteiger partial charge in [0.05, 0.1) is 13.2 Å². The molecular formula is C16H33O3PSi. The molecule has 0 heterocycles. The van der Waals surface area contributed by atoms with Crippen LogP contribution >= 0.6 is 7.60 Å². The van der Waals surface area contributed by atoms with Gasteiger partial charge in [0.2, 0.25) is 0 Å². The number of hydrogen-bond donors (Lipinski definition) is 0.